The zero-order valence-corrected chi connectivity index (χ0v) is 11.7. The molecule has 0 aliphatic carbocycles. The van der Waals surface area contributed by atoms with E-state index >= 15 is 0 Å². The molecule has 0 saturated carbocycles. The summed E-state index contributed by atoms with van der Waals surface area (Å²) in [5.74, 6) is -0.116. The van der Waals surface area contributed by atoms with Crippen LogP contribution in [-0.2, 0) is 16.6 Å². The molecule has 0 saturated heterocycles. The van der Waals surface area contributed by atoms with Crippen LogP contribution < -0.4 is 10.5 Å². The van der Waals surface area contributed by atoms with Crippen LogP contribution in [0.15, 0.2) is 21.6 Å². The Morgan fingerprint density at radius 1 is 1.40 bits per heavy atom. The van der Waals surface area contributed by atoms with Gasteiger partial charge in [-0.1, -0.05) is 5.16 Å². The van der Waals surface area contributed by atoms with Gasteiger partial charge in [0.25, 0.3) is 0 Å². The highest BCUT2D eigenvalue weighted by Crippen LogP contribution is 2.21. The molecule has 1 aromatic heterocycles. The second-order valence-corrected chi connectivity index (χ2v) is 5.93. The highest BCUT2D eigenvalue weighted by atomic mass is 32.2. The van der Waals surface area contributed by atoms with Crippen LogP contribution >= 0.6 is 0 Å². The number of hydrogen-bond acceptors (Lipinski definition) is 6. The SMILES string of the molecule is Cc1noc(CNS(=O)(=O)c2cc(N)c(F)cc2C)n1. The van der Waals surface area contributed by atoms with E-state index in [0.717, 1.165) is 12.1 Å². The number of nitrogens with one attached hydrogen (secondary N) is 1. The Hall–Kier alpha value is -2.00. The van der Waals surface area contributed by atoms with E-state index in [1.54, 1.807) is 6.92 Å². The van der Waals surface area contributed by atoms with E-state index in [-0.39, 0.29) is 28.6 Å². The molecule has 0 radical (unpaired) electrons. The van der Waals surface area contributed by atoms with Gasteiger partial charge < -0.3 is 10.3 Å². The fraction of sp³-hybridized carbons (Fsp3) is 0.273. The number of halogens is 1. The molecule has 0 bridgehead atoms. The number of sulfonamides is 1. The lowest BCUT2D eigenvalue weighted by atomic mass is 10.2. The molecule has 0 unspecified atom stereocenters. The van der Waals surface area contributed by atoms with Gasteiger partial charge in [0.2, 0.25) is 15.9 Å². The number of nitrogen functional groups attached to an aromatic ring is 1. The lowest BCUT2D eigenvalue weighted by molar-refractivity contribution is 0.372. The normalized spacial score (nSPS) is 11.8. The molecular weight excluding hydrogens is 287 g/mol. The summed E-state index contributed by atoms with van der Waals surface area (Å²) in [5, 5.41) is 3.54. The highest BCUT2D eigenvalue weighted by Gasteiger charge is 2.19. The van der Waals surface area contributed by atoms with Gasteiger partial charge in [-0.25, -0.2) is 17.5 Å². The molecule has 1 aromatic carbocycles. The van der Waals surface area contributed by atoms with Crippen molar-refractivity contribution in [2.24, 2.45) is 0 Å². The maximum absolute atomic E-state index is 13.2. The van der Waals surface area contributed by atoms with E-state index in [9.17, 15) is 12.8 Å². The summed E-state index contributed by atoms with van der Waals surface area (Å²) in [4.78, 5) is 3.78. The van der Waals surface area contributed by atoms with Gasteiger partial charge in [-0.3, -0.25) is 0 Å². The monoisotopic (exact) mass is 300 g/mol. The van der Waals surface area contributed by atoms with E-state index in [1.807, 2.05) is 0 Å². The van der Waals surface area contributed by atoms with Gasteiger partial charge in [0.05, 0.1) is 17.1 Å². The summed E-state index contributed by atoms with van der Waals surface area (Å²) in [5.41, 5.74) is 5.41. The molecule has 20 heavy (non-hydrogen) atoms. The predicted octanol–water partition coefficient (Wildman–Crippen LogP) is 0.886. The first kappa shape index (κ1) is 14.4. The molecular formula is C11H13FN4O3S. The zero-order valence-electron chi connectivity index (χ0n) is 10.8. The molecule has 0 aliphatic rings. The van der Waals surface area contributed by atoms with Crippen LogP contribution in [0, 0.1) is 19.7 Å². The fourth-order valence-electron chi connectivity index (χ4n) is 1.60. The van der Waals surface area contributed by atoms with E-state index in [0.29, 0.717) is 5.82 Å². The Morgan fingerprint density at radius 3 is 2.70 bits per heavy atom. The Morgan fingerprint density at radius 2 is 2.10 bits per heavy atom. The number of aryl methyl sites for hydroxylation is 2. The molecule has 1 heterocycles. The van der Waals surface area contributed by atoms with Crippen molar-refractivity contribution in [2.75, 3.05) is 5.73 Å². The van der Waals surface area contributed by atoms with Crippen molar-refractivity contribution in [3.63, 3.8) is 0 Å². The Kier molecular flexibility index (Phi) is 3.73. The van der Waals surface area contributed by atoms with Gasteiger partial charge in [0.1, 0.15) is 5.82 Å². The number of nitrogens with zero attached hydrogens (tertiary/aromatic N) is 2. The van der Waals surface area contributed by atoms with E-state index in [1.165, 1.54) is 6.92 Å². The third-order valence-corrected chi connectivity index (χ3v) is 4.11. The number of rotatable bonds is 4. The summed E-state index contributed by atoms with van der Waals surface area (Å²) in [6.45, 7) is 2.94. The smallest absolute Gasteiger partial charge is 0.241 e. The molecule has 7 nitrogen and oxygen atoms in total. The third kappa shape index (κ3) is 2.94. The van der Waals surface area contributed by atoms with Crippen molar-refractivity contribution in [3.05, 3.63) is 35.2 Å². The van der Waals surface area contributed by atoms with Gasteiger partial charge in [-0.05, 0) is 31.5 Å². The first-order chi connectivity index (χ1) is 9.29. The van der Waals surface area contributed by atoms with Crippen molar-refractivity contribution < 1.29 is 17.3 Å². The highest BCUT2D eigenvalue weighted by molar-refractivity contribution is 7.89. The van der Waals surface area contributed by atoms with Gasteiger partial charge in [-0.15, -0.1) is 0 Å². The van der Waals surface area contributed by atoms with Crippen molar-refractivity contribution in [1.29, 1.82) is 0 Å². The van der Waals surface area contributed by atoms with Crippen LogP contribution in [0.1, 0.15) is 17.3 Å². The van der Waals surface area contributed by atoms with Gasteiger partial charge in [0, 0.05) is 0 Å². The van der Waals surface area contributed by atoms with Crippen molar-refractivity contribution in [2.45, 2.75) is 25.3 Å². The van der Waals surface area contributed by atoms with Crippen LogP contribution in [0.4, 0.5) is 10.1 Å². The van der Waals surface area contributed by atoms with E-state index in [4.69, 9.17) is 10.3 Å². The molecule has 0 amide bonds. The van der Waals surface area contributed by atoms with Crippen molar-refractivity contribution in [1.82, 2.24) is 14.9 Å². The number of benzene rings is 1. The molecule has 0 aliphatic heterocycles. The average Bonchev–Trinajstić information content (AvgIpc) is 2.77. The summed E-state index contributed by atoms with van der Waals surface area (Å²) in [7, 11) is -3.84. The largest absolute Gasteiger partial charge is 0.396 e. The second-order valence-electron chi connectivity index (χ2n) is 4.20. The van der Waals surface area contributed by atoms with Crippen LogP contribution in [0.5, 0.6) is 0 Å². The van der Waals surface area contributed by atoms with Crippen LogP contribution in [0.25, 0.3) is 0 Å². The lowest BCUT2D eigenvalue weighted by Crippen LogP contribution is -2.24. The molecule has 9 heteroatoms. The standard InChI is InChI=1S/C11H13FN4O3S/c1-6-3-8(12)9(13)4-10(6)20(17,18)14-5-11-15-7(2)16-19-11/h3-4,14H,5,13H2,1-2H3. The first-order valence-corrected chi connectivity index (χ1v) is 7.12. The number of aromatic nitrogens is 2. The van der Waals surface area contributed by atoms with E-state index in [2.05, 4.69) is 14.9 Å². The lowest BCUT2D eigenvalue weighted by Gasteiger charge is -2.09. The van der Waals surface area contributed by atoms with Crippen molar-refractivity contribution in [3.8, 4) is 0 Å². The van der Waals surface area contributed by atoms with Crippen LogP contribution in [-0.4, -0.2) is 18.6 Å². The molecule has 0 fully saturated rings. The minimum Gasteiger partial charge on any atom is -0.396 e. The number of hydrogen-bond donors (Lipinski definition) is 2. The predicted molar refractivity (Wildman–Crippen MR) is 68.6 cm³/mol. The summed E-state index contributed by atoms with van der Waals surface area (Å²) >= 11 is 0. The maximum Gasteiger partial charge on any atom is 0.241 e. The van der Waals surface area contributed by atoms with Gasteiger partial charge in [0.15, 0.2) is 5.82 Å². The molecule has 0 spiro atoms. The molecule has 2 aromatic rings. The van der Waals surface area contributed by atoms with Crippen molar-refractivity contribution >= 4 is 15.7 Å². The fourth-order valence-corrected chi connectivity index (χ4v) is 2.84. The minimum atomic E-state index is -3.84. The second kappa shape index (κ2) is 5.17. The first-order valence-electron chi connectivity index (χ1n) is 5.64. The Bertz CT molecular complexity index is 742. The summed E-state index contributed by atoms with van der Waals surface area (Å²) < 4.78 is 44.5. The molecule has 2 rings (SSSR count). The van der Waals surface area contributed by atoms with Gasteiger partial charge in [-0.2, -0.15) is 4.98 Å². The summed E-state index contributed by atoms with van der Waals surface area (Å²) in [6.07, 6.45) is 0. The average molecular weight is 300 g/mol. The Labute approximate surface area is 115 Å². The third-order valence-electron chi connectivity index (χ3n) is 2.57. The maximum atomic E-state index is 13.2. The zero-order chi connectivity index (χ0) is 14.9. The number of anilines is 1. The quantitative estimate of drug-likeness (QED) is 0.811. The van der Waals surface area contributed by atoms with E-state index < -0.39 is 15.8 Å². The molecule has 0 atom stereocenters. The number of nitrogens with two attached hydrogens (primary N) is 1. The minimum absolute atomic E-state index is 0.0902. The van der Waals surface area contributed by atoms with Gasteiger partial charge >= 0.3 is 0 Å². The van der Waals surface area contributed by atoms with Crippen LogP contribution in [0.3, 0.4) is 0 Å². The summed E-state index contributed by atoms with van der Waals surface area (Å²) in [6, 6.07) is 2.15. The molecule has 108 valence electrons. The van der Waals surface area contributed by atoms with Crippen LogP contribution in [0.2, 0.25) is 0 Å². The topological polar surface area (TPSA) is 111 Å². The Balaban J connectivity index is 2.24. The molecule has 3 N–H and O–H groups in total.